The lowest BCUT2D eigenvalue weighted by molar-refractivity contribution is 0.173. The molecule has 0 aromatic carbocycles. The SMILES string of the molecule is CCCCCC1CCNN1CCCCC. The molecular formula is C13H28N2. The first-order chi connectivity index (χ1) is 7.38. The van der Waals surface area contributed by atoms with Gasteiger partial charge in [0.15, 0.2) is 0 Å². The Kier molecular flexibility index (Phi) is 7.03. The zero-order chi connectivity index (χ0) is 10.9. The van der Waals surface area contributed by atoms with Gasteiger partial charge in [0.2, 0.25) is 0 Å². The van der Waals surface area contributed by atoms with Crippen molar-refractivity contribution in [3.05, 3.63) is 0 Å². The number of hydrogen-bond donors (Lipinski definition) is 1. The van der Waals surface area contributed by atoms with E-state index in [9.17, 15) is 0 Å². The van der Waals surface area contributed by atoms with E-state index in [0.29, 0.717) is 0 Å². The summed E-state index contributed by atoms with van der Waals surface area (Å²) in [5, 5.41) is 2.51. The standard InChI is InChI=1S/C13H28N2/c1-3-5-7-9-13-10-11-14-15(13)12-8-6-4-2/h13-14H,3-12H2,1-2H3. The Morgan fingerprint density at radius 3 is 2.53 bits per heavy atom. The maximum absolute atomic E-state index is 3.53. The molecule has 1 aliphatic rings. The van der Waals surface area contributed by atoms with Crippen molar-refractivity contribution in [2.45, 2.75) is 71.3 Å². The lowest BCUT2D eigenvalue weighted by Crippen LogP contribution is -2.37. The van der Waals surface area contributed by atoms with Gasteiger partial charge in [0, 0.05) is 19.1 Å². The average Bonchev–Trinajstić information content (AvgIpc) is 2.67. The molecular weight excluding hydrogens is 184 g/mol. The van der Waals surface area contributed by atoms with Crippen LogP contribution < -0.4 is 5.43 Å². The van der Waals surface area contributed by atoms with Gasteiger partial charge in [-0.3, -0.25) is 5.43 Å². The van der Waals surface area contributed by atoms with Crippen LogP contribution in [0.1, 0.15) is 65.2 Å². The van der Waals surface area contributed by atoms with E-state index in [1.54, 1.807) is 0 Å². The van der Waals surface area contributed by atoms with E-state index in [1.165, 1.54) is 64.5 Å². The van der Waals surface area contributed by atoms with Crippen molar-refractivity contribution in [3.63, 3.8) is 0 Å². The van der Waals surface area contributed by atoms with Gasteiger partial charge in [-0.2, -0.15) is 0 Å². The van der Waals surface area contributed by atoms with E-state index in [4.69, 9.17) is 0 Å². The Hall–Kier alpha value is -0.0800. The Morgan fingerprint density at radius 1 is 1.07 bits per heavy atom. The number of unbranched alkanes of at least 4 members (excludes halogenated alkanes) is 4. The highest BCUT2D eigenvalue weighted by atomic mass is 15.5. The normalized spacial score (nSPS) is 22.4. The zero-order valence-corrected chi connectivity index (χ0v) is 10.6. The molecule has 2 nitrogen and oxygen atoms in total. The van der Waals surface area contributed by atoms with Crippen LogP contribution in [0.5, 0.6) is 0 Å². The number of rotatable bonds is 8. The highest BCUT2D eigenvalue weighted by Crippen LogP contribution is 2.16. The highest BCUT2D eigenvalue weighted by Gasteiger charge is 2.22. The van der Waals surface area contributed by atoms with Gasteiger partial charge in [-0.25, -0.2) is 5.01 Å². The quantitative estimate of drug-likeness (QED) is 0.621. The average molecular weight is 212 g/mol. The van der Waals surface area contributed by atoms with Crippen LogP contribution >= 0.6 is 0 Å². The lowest BCUT2D eigenvalue weighted by atomic mass is 10.1. The van der Waals surface area contributed by atoms with E-state index < -0.39 is 0 Å². The third-order valence-electron chi connectivity index (χ3n) is 3.38. The molecule has 15 heavy (non-hydrogen) atoms. The van der Waals surface area contributed by atoms with E-state index >= 15 is 0 Å². The van der Waals surface area contributed by atoms with Gasteiger partial charge in [0.05, 0.1) is 0 Å². The van der Waals surface area contributed by atoms with E-state index in [2.05, 4.69) is 24.3 Å². The minimum Gasteiger partial charge on any atom is -0.255 e. The third-order valence-corrected chi connectivity index (χ3v) is 3.38. The van der Waals surface area contributed by atoms with Gasteiger partial charge in [0.1, 0.15) is 0 Å². The maximum atomic E-state index is 3.53. The summed E-state index contributed by atoms with van der Waals surface area (Å²) in [6.07, 6.45) is 11.0. The summed E-state index contributed by atoms with van der Waals surface area (Å²) in [5.74, 6) is 0. The van der Waals surface area contributed by atoms with Crippen LogP contribution in [0.15, 0.2) is 0 Å². The smallest absolute Gasteiger partial charge is 0.0256 e. The molecule has 0 bridgehead atoms. The Labute approximate surface area is 95.4 Å². The molecule has 2 heteroatoms. The monoisotopic (exact) mass is 212 g/mol. The largest absolute Gasteiger partial charge is 0.255 e. The summed E-state index contributed by atoms with van der Waals surface area (Å²) in [6, 6.07) is 0.827. The van der Waals surface area contributed by atoms with E-state index in [1.807, 2.05) is 0 Å². The molecule has 1 heterocycles. The highest BCUT2D eigenvalue weighted by molar-refractivity contribution is 4.75. The molecule has 0 aromatic rings. The van der Waals surface area contributed by atoms with E-state index in [0.717, 1.165) is 6.04 Å². The molecule has 1 aliphatic heterocycles. The van der Waals surface area contributed by atoms with Crippen molar-refractivity contribution in [2.75, 3.05) is 13.1 Å². The summed E-state index contributed by atoms with van der Waals surface area (Å²) in [5.41, 5.74) is 3.53. The van der Waals surface area contributed by atoms with Crippen molar-refractivity contribution in [1.82, 2.24) is 10.4 Å². The first-order valence-corrected chi connectivity index (χ1v) is 6.88. The number of nitrogens with one attached hydrogen (secondary N) is 1. The second-order valence-electron chi connectivity index (χ2n) is 4.75. The number of hydrogen-bond acceptors (Lipinski definition) is 2. The van der Waals surface area contributed by atoms with Crippen molar-refractivity contribution >= 4 is 0 Å². The second-order valence-corrected chi connectivity index (χ2v) is 4.75. The van der Waals surface area contributed by atoms with Crippen LogP contribution in [0, 0.1) is 0 Å². The number of hydrazine groups is 1. The molecule has 0 spiro atoms. The Morgan fingerprint density at radius 2 is 1.80 bits per heavy atom. The summed E-state index contributed by atoms with van der Waals surface area (Å²) in [7, 11) is 0. The fourth-order valence-corrected chi connectivity index (χ4v) is 2.38. The van der Waals surface area contributed by atoms with Crippen molar-refractivity contribution in [2.24, 2.45) is 0 Å². The predicted octanol–water partition coefficient (Wildman–Crippen LogP) is 3.34. The molecule has 0 aliphatic carbocycles. The summed E-state index contributed by atoms with van der Waals surface area (Å²) >= 11 is 0. The van der Waals surface area contributed by atoms with Crippen LogP contribution in [0.4, 0.5) is 0 Å². The van der Waals surface area contributed by atoms with Crippen LogP contribution in [0.25, 0.3) is 0 Å². The van der Waals surface area contributed by atoms with Gasteiger partial charge in [-0.05, 0) is 19.3 Å². The fraction of sp³-hybridized carbons (Fsp3) is 1.00. The van der Waals surface area contributed by atoms with Gasteiger partial charge in [-0.1, -0.05) is 46.0 Å². The van der Waals surface area contributed by atoms with Crippen LogP contribution in [0.2, 0.25) is 0 Å². The van der Waals surface area contributed by atoms with Crippen LogP contribution in [-0.4, -0.2) is 24.1 Å². The maximum Gasteiger partial charge on any atom is 0.0256 e. The molecule has 1 atom stereocenters. The topological polar surface area (TPSA) is 15.3 Å². The van der Waals surface area contributed by atoms with Gasteiger partial charge >= 0.3 is 0 Å². The Bertz CT molecular complexity index is 131. The second kappa shape index (κ2) is 8.12. The molecule has 1 saturated heterocycles. The molecule has 1 rings (SSSR count). The van der Waals surface area contributed by atoms with Crippen molar-refractivity contribution in [3.8, 4) is 0 Å². The summed E-state index contributed by atoms with van der Waals surface area (Å²) in [4.78, 5) is 0. The van der Waals surface area contributed by atoms with Gasteiger partial charge in [-0.15, -0.1) is 0 Å². The molecule has 0 saturated carbocycles. The lowest BCUT2D eigenvalue weighted by Gasteiger charge is -2.23. The van der Waals surface area contributed by atoms with Crippen molar-refractivity contribution in [1.29, 1.82) is 0 Å². The molecule has 1 fully saturated rings. The first kappa shape index (κ1) is 13.0. The van der Waals surface area contributed by atoms with Gasteiger partial charge in [0.25, 0.3) is 0 Å². The molecule has 1 N–H and O–H groups in total. The molecule has 0 radical (unpaired) electrons. The molecule has 0 amide bonds. The molecule has 90 valence electrons. The first-order valence-electron chi connectivity index (χ1n) is 6.88. The van der Waals surface area contributed by atoms with E-state index in [-0.39, 0.29) is 0 Å². The van der Waals surface area contributed by atoms with Crippen molar-refractivity contribution < 1.29 is 0 Å². The minimum atomic E-state index is 0.827. The third kappa shape index (κ3) is 4.98. The van der Waals surface area contributed by atoms with Gasteiger partial charge < -0.3 is 0 Å². The molecule has 1 unspecified atom stereocenters. The summed E-state index contributed by atoms with van der Waals surface area (Å²) < 4.78 is 0. The minimum absolute atomic E-state index is 0.827. The fourth-order valence-electron chi connectivity index (χ4n) is 2.38. The molecule has 0 aromatic heterocycles. The van der Waals surface area contributed by atoms with Crippen LogP contribution in [0.3, 0.4) is 0 Å². The Balaban J connectivity index is 2.11. The predicted molar refractivity (Wildman–Crippen MR) is 66.8 cm³/mol. The number of nitrogens with zero attached hydrogens (tertiary/aromatic N) is 1. The summed E-state index contributed by atoms with van der Waals surface area (Å²) in [6.45, 7) is 7.01. The zero-order valence-electron chi connectivity index (χ0n) is 10.6. The van der Waals surface area contributed by atoms with Crippen LogP contribution in [-0.2, 0) is 0 Å².